The minimum atomic E-state index is 1.01. The van der Waals surface area contributed by atoms with Gasteiger partial charge in [0.2, 0.25) is 0 Å². The van der Waals surface area contributed by atoms with Crippen LogP contribution in [0.15, 0.2) is 0 Å². The molecule has 16 heavy (non-hydrogen) atoms. The van der Waals surface area contributed by atoms with Crippen molar-refractivity contribution in [1.29, 1.82) is 0 Å². The highest BCUT2D eigenvalue weighted by Gasteiger charge is 2.09. The standard InChI is InChI=1S/C10H20.C4H10.C2H6/c1-9-5-3-7-10(2)8-4-6-9;1-3-4-2;1-2/h9-10H,3-8H2,1-2H3;3-4H2,1-2H3;1-2H3. The summed E-state index contributed by atoms with van der Waals surface area (Å²) in [6.07, 6.45) is 11.5. The van der Waals surface area contributed by atoms with E-state index >= 15 is 0 Å². The Morgan fingerprint density at radius 2 is 0.938 bits per heavy atom. The maximum atomic E-state index is 2.40. The minimum absolute atomic E-state index is 1.01. The Balaban J connectivity index is 0. The van der Waals surface area contributed by atoms with Crippen molar-refractivity contribution in [3.05, 3.63) is 0 Å². The van der Waals surface area contributed by atoms with Crippen LogP contribution in [0.5, 0.6) is 0 Å². The molecule has 0 radical (unpaired) electrons. The van der Waals surface area contributed by atoms with Gasteiger partial charge in [-0.1, -0.05) is 92.9 Å². The zero-order valence-electron chi connectivity index (χ0n) is 12.8. The summed E-state index contributed by atoms with van der Waals surface area (Å²) >= 11 is 0. The predicted octanol–water partition coefficient (Wildman–Crippen LogP) is 6.45. The third kappa shape index (κ3) is 14.0. The molecule has 0 atom stereocenters. The Hall–Kier alpha value is 0. The summed E-state index contributed by atoms with van der Waals surface area (Å²) in [5.41, 5.74) is 0. The molecular formula is C16H36. The zero-order valence-corrected chi connectivity index (χ0v) is 12.8. The van der Waals surface area contributed by atoms with Crippen LogP contribution in [0.1, 0.15) is 92.9 Å². The van der Waals surface area contributed by atoms with E-state index in [2.05, 4.69) is 27.7 Å². The van der Waals surface area contributed by atoms with E-state index in [4.69, 9.17) is 0 Å². The lowest BCUT2D eigenvalue weighted by Gasteiger charge is -2.18. The Labute approximate surface area is 105 Å². The highest BCUT2D eigenvalue weighted by Crippen LogP contribution is 2.24. The second kappa shape index (κ2) is 15.0. The lowest BCUT2D eigenvalue weighted by molar-refractivity contribution is 0.346. The highest BCUT2D eigenvalue weighted by molar-refractivity contribution is 4.62. The summed E-state index contributed by atoms with van der Waals surface area (Å²) in [5, 5.41) is 0. The number of hydrogen-bond donors (Lipinski definition) is 0. The molecule has 0 aromatic carbocycles. The topological polar surface area (TPSA) is 0 Å². The van der Waals surface area contributed by atoms with Gasteiger partial charge in [-0.05, 0) is 11.8 Å². The van der Waals surface area contributed by atoms with Gasteiger partial charge in [0.15, 0.2) is 0 Å². The summed E-state index contributed by atoms with van der Waals surface area (Å²) < 4.78 is 0. The van der Waals surface area contributed by atoms with E-state index in [0.29, 0.717) is 0 Å². The number of rotatable bonds is 1. The highest BCUT2D eigenvalue weighted by atomic mass is 14.2. The molecule has 0 amide bonds. The summed E-state index contributed by atoms with van der Waals surface area (Å²) in [4.78, 5) is 0. The van der Waals surface area contributed by atoms with E-state index in [9.17, 15) is 0 Å². The maximum absolute atomic E-state index is 2.40. The fourth-order valence-electron chi connectivity index (χ4n) is 1.92. The largest absolute Gasteiger partial charge is 0.0683 e. The Bertz CT molecular complexity index is 84.6. The van der Waals surface area contributed by atoms with Crippen LogP contribution in [0.2, 0.25) is 0 Å². The Kier molecular flexibility index (Phi) is 17.2. The zero-order chi connectivity index (χ0) is 12.8. The van der Waals surface area contributed by atoms with Crippen molar-refractivity contribution in [2.45, 2.75) is 92.9 Å². The van der Waals surface area contributed by atoms with Crippen molar-refractivity contribution in [3.8, 4) is 0 Å². The lowest BCUT2D eigenvalue weighted by Crippen LogP contribution is -2.04. The van der Waals surface area contributed by atoms with Crippen LogP contribution in [-0.4, -0.2) is 0 Å². The van der Waals surface area contributed by atoms with Crippen molar-refractivity contribution < 1.29 is 0 Å². The second-order valence-corrected chi connectivity index (χ2v) is 5.07. The van der Waals surface area contributed by atoms with Crippen molar-refractivity contribution in [3.63, 3.8) is 0 Å². The molecule has 1 fully saturated rings. The van der Waals surface area contributed by atoms with Gasteiger partial charge in [0.1, 0.15) is 0 Å². The minimum Gasteiger partial charge on any atom is -0.0683 e. The molecule has 0 heteroatoms. The monoisotopic (exact) mass is 228 g/mol. The van der Waals surface area contributed by atoms with Crippen molar-refractivity contribution in [2.75, 3.05) is 0 Å². The molecule has 0 nitrogen and oxygen atoms in total. The van der Waals surface area contributed by atoms with Gasteiger partial charge >= 0.3 is 0 Å². The van der Waals surface area contributed by atoms with Crippen LogP contribution in [0.4, 0.5) is 0 Å². The average Bonchev–Trinajstić information content (AvgIpc) is 2.30. The summed E-state index contributed by atoms with van der Waals surface area (Å²) in [7, 11) is 0. The van der Waals surface area contributed by atoms with Crippen LogP contribution >= 0.6 is 0 Å². The molecule has 0 saturated heterocycles. The fourth-order valence-corrected chi connectivity index (χ4v) is 1.92. The van der Waals surface area contributed by atoms with Crippen LogP contribution in [0.25, 0.3) is 0 Å². The van der Waals surface area contributed by atoms with E-state index in [-0.39, 0.29) is 0 Å². The van der Waals surface area contributed by atoms with Crippen LogP contribution in [0.3, 0.4) is 0 Å². The van der Waals surface area contributed by atoms with Crippen LogP contribution in [-0.2, 0) is 0 Å². The first-order valence-corrected chi connectivity index (χ1v) is 7.70. The van der Waals surface area contributed by atoms with E-state index < -0.39 is 0 Å². The van der Waals surface area contributed by atoms with E-state index in [1.807, 2.05) is 13.8 Å². The van der Waals surface area contributed by atoms with Gasteiger partial charge in [-0.2, -0.15) is 0 Å². The first kappa shape index (κ1) is 18.4. The third-order valence-corrected chi connectivity index (χ3v) is 3.29. The molecular weight excluding hydrogens is 192 g/mol. The van der Waals surface area contributed by atoms with Gasteiger partial charge in [-0.25, -0.2) is 0 Å². The van der Waals surface area contributed by atoms with Gasteiger partial charge in [0.25, 0.3) is 0 Å². The summed E-state index contributed by atoms with van der Waals surface area (Å²) in [5.74, 6) is 2.01. The summed E-state index contributed by atoms with van der Waals surface area (Å²) in [6.45, 7) is 13.2. The van der Waals surface area contributed by atoms with Crippen molar-refractivity contribution >= 4 is 0 Å². The van der Waals surface area contributed by atoms with Gasteiger partial charge in [0, 0.05) is 0 Å². The molecule has 0 aromatic heterocycles. The second-order valence-electron chi connectivity index (χ2n) is 5.07. The SMILES string of the molecule is CC.CC1CCCC(C)CCC1.CCCC. The molecule has 0 N–H and O–H groups in total. The molecule has 1 saturated carbocycles. The fraction of sp³-hybridized carbons (Fsp3) is 1.00. The average molecular weight is 228 g/mol. The molecule has 0 heterocycles. The predicted molar refractivity (Wildman–Crippen MR) is 78.0 cm³/mol. The number of hydrogen-bond acceptors (Lipinski definition) is 0. The van der Waals surface area contributed by atoms with Gasteiger partial charge in [0.05, 0.1) is 0 Å². The smallest absolute Gasteiger partial charge is 0.0443 e. The van der Waals surface area contributed by atoms with Gasteiger partial charge in [-0.3, -0.25) is 0 Å². The van der Waals surface area contributed by atoms with Crippen LogP contribution in [0, 0.1) is 11.8 Å². The van der Waals surface area contributed by atoms with E-state index in [1.165, 1.54) is 51.4 Å². The van der Waals surface area contributed by atoms with E-state index in [1.54, 1.807) is 0 Å². The third-order valence-electron chi connectivity index (χ3n) is 3.29. The lowest BCUT2D eigenvalue weighted by atomic mass is 9.88. The van der Waals surface area contributed by atoms with Crippen LogP contribution < -0.4 is 0 Å². The Morgan fingerprint density at radius 1 is 0.688 bits per heavy atom. The Morgan fingerprint density at radius 3 is 1.12 bits per heavy atom. The maximum Gasteiger partial charge on any atom is -0.0443 e. The van der Waals surface area contributed by atoms with Crippen molar-refractivity contribution in [2.24, 2.45) is 11.8 Å². The molecule has 0 aliphatic heterocycles. The van der Waals surface area contributed by atoms with Gasteiger partial charge in [-0.15, -0.1) is 0 Å². The van der Waals surface area contributed by atoms with Gasteiger partial charge < -0.3 is 0 Å². The molecule has 1 aliphatic rings. The molecule has 0 unspecified atom stereocenters. The molecule has 0 spiro atoms. The first-order valence-electron chi connectivity index (χ1n) is 7.70. The first-order chi connectivity index (χ1) is 7.70. The molecule has 0 aromatic rings. The molecule has 1 aliphatic carbocycles. The molecule has 0 bridgehead atoms. The molecule has 1 rings (SSSR count). The van der Waals surface area contributed by atoms with Crippen molar-refractivity contribution in [1.82, 2.24) is 0 Å². The molecule has 100 valence electrons. The summed E-state index contributed by atoms with van der Waals surface area (Å²) in [6, 6.07) is 0. The van der Waals surface area contributed by atoms with E-state index in [0.717, 1.165) is 11.8 Å². The quantitative estimate of drug-likeness (QED) is 0.484. The normalized spacial score (nSPS) is 25.1. The number of unbranched alkanes of at least 4 members (excludes halogenated alkanes) is 1.